The summed E-state index contributed by atoms with van der Waals surface area (Å²) in [6.45, 7) is 1.54. The molecular formula is C22H26N2O4. The molecular weight excluding hydrogens is 356 g/mol. The molecule has 0 radical (unpaired) electrons. The van der Waals surface area contributed by atoms with Gasteiger partial charge in [0.05, 0.1) is 7.11 Å². The van der Waals surface area contributed by atoms with E-state index in [1.807, 2.05) is 55.4 Å². The Balaban J connectivity index is 1.67. The number of amides is 1. The first-order chi connectivity index (χ1) is 13.5. The van der Waals surface area contributed by atoms with Crippen LogP contribution in [0.2, 0.25) is 0 Å². The molecule has 0 fully saturated rings. The molecule has 6 heteroatoms. The number of likely N-dealkylation sites (N-methyl/N-ethyl adjacent to an activating group) is 1. The van der Waals surface area contributed by atoms with Gasteiger partial charge in [-0.2, -0.15) is 0 Å². The van der Waals surface area contributed by atoms with Gasteiger partial charge in [0.25, 0.3) is 0 Å². The Kier molecular flexibility index (Phi) is 6.09. The summed E-state index contributed by atoms with van der Waals surface area (Å²) < 4.78 is 16.6. The van der Waals surface area contributed by atoms with Crippen LogP contribution in [0, 0.1) is 0 Å². The number of fused-ring (bicyclic) bond motifs is 1. The Hall–Kier alpha value is -3.15. The second-order valence-electron chi connectivity index (χ2n) is 6.84. The molecule has 1 aliphatic heterocycles. The zero-order valence-corrected chi connectivity index (χ0v) is 16.8. The Morgan fingerprint density at radius 1 is 1.11 bits per heavy atom. The smallest absolute Gasteiger partial charge is 0.246 e. The van der Waals surface area contributed by atoms with Crippen LogP contribution in [-0.2, 0) is 11.3 Å². The van der Waals surface area contributed by atoms with Gasteiger partial charge in [0.15, 0.2) is 11.5 Å². The molecule has 0 spiro atoms. The number of hydrogen-bond acceptors (Lipinski definition) is 5. The first-order valence-corrected chi connectivity index (χ1v) is 9.15. The van der Waals surface area contributed by atoms with E-state index < -0.39 is 0 Å². The summed E-state index contributed by atoms with van der Waals surface area (Å²) in [4.78, 5) is 16.2. The van der Waals surface area contributed by atoms with Crippen molar-refractivity contribution in [2.24, 2.45) is 0 Å². The Bertz CT molecular complexity index is 842. The fourth-order valence-electron chi connectivity index (χ4n) is 2.94. The number of carbonyl (C=O) groups is 1. The fraction of sp³-hybridized carbons (Fsp3) is 0.318. The minimum Gasteiger partial charge on any atom is -0.493 e. The molecule has 0 aromatic heterocycles. The van der Waals surface area contributed by atoms with Crippen LogP contribution in [0.15, 0.2) is 42.5 Å². The zero-order chi connectivity index (χ0) is 20.1. The lowest BCUT2D eigenvalue weighted by Crippen LogP contribution is -2.24. The number of methoxy groups -OCH3 is 1. The van der Waals surface area contributed by atoms with E-state index in [4.69, 9.17) is 14.2 Å². The van der Waals surface area contributed by atoms with E-state index in [0.717, 1.165) is 16.8 Å². The maximum Gasteiger partial charge on any atom is 0.246 e. The Labute approximate surface area is 165 Å². The van der Waals surface area contributed by atoms with Crippen LogP contribution in [0.3, 0.4) is 0 Å². The molecule has 0 bridgehead atoms. The topological polar surface area (TPSA) is 51.2 Å². The van der Waals surface area contributed by atoms with Gasteiger partial charge in [0.1, 0.15) is 13.2 Å². The van der Waals surface area contributed by atoms with E-state index >= 15 is 0 Å². The van der Waals surface area contributed by atoms with E-state index in [1.165, 1.54) is 0 Å². The van der Waals surface area contributed by atoms with Crippen molar-refractivity contribution in [3.63, 3.8) is 0 Å². The highest BCUT2D eigenvalue weighted by Crippen LogP contribution is 2.40. The number of anilines is 1. The third-order valence-corrected chi connectivity index (χ3v) is 4.52. The molecule has 1 amide bonds. The van der Waals surface area contributed by atoms with Gasteiger partial charge >= 0.3 is 0 Å². The average molecular weight is 382 g/mol. The Morgan fingerprint density at radius 3 is 2.50 bits per heavy atom. The monoisotopic (exact) mass is 382 g/mol. The summed E-state index contributed by atoms with van der Waals surface area (Å²) in [5, 5.41) is 0. The van der Waals surface area contributed by atoms with Crippen LogP contribution in [0.25, 0.3) is 6.08 Å². The molecule has 148 valence electrons. The number of nitrogens with zero attached hydrogens (tertiary/aromatic N) is 2. The minimum atomic E-state index is -0.0782. The third kappa shape index (κ3) is 4.57. The highest BCUT2D eigenvalue weighted by atomic mass is 16.6. The van der Waals surface area contributed by atoms with E-state index in [1.54, 1.807) is 31.2 Å². The highest BCUT2D eigenvalue weighted by molar-refractivity contribution is 5.91. The lowest BCUT2D eigenvalue weighted by molar-refractivity contribution is -0.125. The molecule has 1 heterocycles. The fourth-order valence-corrected chi connectivity index (χ4v) is 2.94. The van der Waals surface area contributed by atoms with Crippen LogP contribution in [0.1, 0.15) is 11.1 Å². The first-order valence-electron chi connectivity index (χ1n) is 9.15. The second-order valence-corrected chi connectivity index (χ2v) is 6.84. The van der Waals surface area contributed by atoms with Gasteiger partial charge in [-0.25, -0.2) is 0 Å². The van der Waals surface area contributed by atoms with Crippen LogP contribution in [0.5, 0.6) is 17.2 Å². The van der Waals surface area contributed by atoms with Crippen molar-refractivity contribution in [1.29, 1.82) is 0 Å². The maximum absolute atomic E-state index is 12.5. The molecule has 0 aliphatic carbocycles. The zero-order valence-electron chi connectivity index (χ0n) is 16.8. The van der Waals surface area contributed by atoms with Crippen molar-refractivity contribution in [3.05, 3.63) is 53.6 Å². The van der Waals surface area contributed by atoms with Crippen molar-refractivity contribution in [2.45, 2.75) is 6.54 Å². The molecule has 0 unspecified atom stereocenters. The number of carbonyl (C=O) groups excluding carboxylic acids is 1. The summed E-state index contributed by atoms with van der Waals surface area (Å²) in [6, 6.07) is 11.8. The van der Waals surface area contributed by atoms with Crippen LogP contribution < -0.4 is 19.1 Å². The number of rotatable bonds is 6. The largest absolute Gasteiger partial charge is 0.493 e. The highest BCUT2D eigenvalue weighted by Gasteiger charge is 2.18. The van der Waals surface area contributed by atoms with Gasteiger partial charge < -0.3 is 24.0 Å². The van der Waals surface area contributed by atoms with Gasteiger partial charge in [-0.1, -0.05) is 12.1 Å². The second kappa shape index (κ2) is 8.69. The van der Waals surface area contributed by atoms with Crippen molar-refractivity contribution < 1.29 is 19.0 Å². The van der Waals surface area contributed by atoms with Crippen LogP contribution in [-0.4, -0.2) is 52.3 Å². The summed E-state index contributed by atoms with van der Waals surface area (Å²) in [7, 11) is 7.38. The lowest BCUT2D eigenvalue weighted by atomic mass is 10.1. The van der Waals surface area contributed by atoms with Crippen molar-refractivity contribution >= 4 is 17.7 Å². The van der Waals surface area contributed by atoms with Crippen molar-refractivity contribution in [3.8, 4) is 17.2 Å². The number of ether oxygens (including phenoxy) is 3. The van der Waals surface area contributed by atoms with Gasteiger partial charge in [-0.05, 0) is 41.5 Å². The Morgan fingerprint density at radius 2 is 1.82 bits per heavy atom. The lowest BCUT2D eigenvalue weighted by Gasteiger charge is -2.21. The summed E-state index contributed by atoms with van der Waals surface area (Å²) in [5.74, 6) is 1.76. The van der Waals surface area contributed by atoms with Crippen molar-refractivity contribution in [2.75, 3.05) is 46.4 Å². The summed E-state index contributed by atoms with van der Waals surface area (Å²) in [6.07, 6.45) is 3.31. The molecule has 3 rings (SSSR count). The van der Waals surface area contributed by atoms with Gasteiger partial charge in [0, 0.05) is 39.5 Å². The minimum absolute atomic E-state index is 0.0782. The standard InChI is InChI=1S/C22H26N2O4/c1-23(2)18-8-5-16(6-9-18)15-24(3)21(25)10-7-17-13-19(26-4)22-20(14-17)27-11-12-28-22/h5-10,13-14H,11-12,15H2,1-4H3/b10-7+. The van der Waals surface area contributed by atoms with Crippen molar-refractivity contribution in [1.82, 2.24) is 4.90 Å². The summed E-state index contributed by atoms with van der Waals surface area (Å²) >= 11 is 0. The predicted octanol–water partition coefficient (Wildman–Crippen LogP) is 3.20. The molecule has 28 heavy (non-hydrogen) atoms. The average Bonchev–Trinajstić information content (AvgIpc) is 2.71. The van der Waals surface area contributed by atoms with E-state index in [-0.39, 0.29) is 5.91 Å². The summed E-state index contributed by atoms with van der Waals surface area (Å²) in [5.41, 5.74) is 3.03. The van der Waals surface area contributed by atoms with Crippen LogP contribution >= 0.6 is 0 Å². The molecule has 0 saturated heterocycles. The maximum atomic E-state index is 12.5. The normalized spacial score (nSPS) is 12.7. The number of hydrogen-bond donors (Lipinski definition) is 0. The van der Waals surface area contributed by atoms with Crippen LogP contribution in [0.4, 0.5) is 5.69 Å². The molecule has 0 atom stereocenters. The quantitative estimate of drug-likeness (QED) is 0.718. The SMILES string of the molecule is COc1cc(/C=C/C(=O)N(C)Cc2ccc(N(C)C)cc2)cc2c1OCCO2. The predicted molar refractivity (Wildman–Crippen MR) is 110 cm³/mol. The molecule has 1 aliphatic rings. The third-order valence-electron chi connectivity index (χ3n) is 4.52. The van der Waals surface area contributed by atoms with Gasteiger partial charge in [0.2, 0.25) is 11.7 Å². The molecule has 0 N–H and O–H groups in total. The van der Waals surface area contributed by atoms with E-state index in [2.05, 4.69) is 0 Å². The van der Waals surface area contributed by atoms with E-state index in [0.29, 0.717) is 37.0 Å². The molecule has 0 saturated carbocycles. The molecule has 2 aromatic carbocycles. The molecule has 6 nitrogen and oxygen atoms in total. The van der Waals surface area contributed by atoms with Gasteiger partial charge in [-0.3, -0.25) is 4.79 Å². The first kappa shape index (κ1) is 19.6. The number of benzene rings is 2. The van der Waals surface area contributed by atoms with Gasteiger partial charge in [-0.15, -0.1) is 0 Å². The van der Waals surface area contributed by atoms with E-state index in [9.17, 15) is 4.79 Å². The molecule has 2 aromatic rings.